The Morgan fingerprint density at radius 1 is 1.15 bits per heavy atom. The molecule has 4 aromatic heterocycles. The van der Waals surface area contributed by atoms with Crippen molar-refractivity contribution < 1.29 is 26.7 Å². The van der Waals surface area contributed by atoms with E-state index in [0.29, 0.717) is 31.7 Å². The summed E-state index contributed by atoms with van der Waals surface area (Å²) < 4.78 is 65.4. The fourth-order valence-electron chi connectivity index (χ4n) is 4.54. The summed E-state index contributed by atoms with van der Waals surface area (Å²) in [6.07, 6.45) is 0.298. The average molecular weight is 607 g/mol. The zero-order valence-electron chi connectivity index (χ0n) is 20.5. The Morgan fingerprint density at radius 3 is 2.52 bits per heavy atom. The molecule has 14 heteroatoms. The van der Waals surface area contributed by atoms with Crippen LogP contribution in [-0.4, -0.2) is 39.3 Å². The van der Waals surface area contributed by atoms with Crippen LogP contribution in [0.1, 0.15) is 35.6 Å². The predicted octanol–water partition coefficient (Wildman–Crippen LogP) is 5.78. The monoisotopic (exact) mass is 606 g/mol. The van der Waals surface area contributed by atoms with Gasteiger partial charge in [-0.1, -0.05) is 23.7 Å². The molecule has 6 rings (SSSR count). The second-order valence-corrected chi connectivity index (χ2v) is 13.0. The van der Waals surface area contributed by atoms with Crippen LogP contribution < -0.4 is 5.56 Å². The van der Waals surface area contributed by atoms with Gasteiger partial charge in [-0.05, 0) is 48.1 Å². The number of benzene rings is 1. The number of aromatic hydroxyl groups is 1. The Labute approximate surface area is 233 Å². The van der Waals surface area contributed by atoms with E-state index in [1.807, 2.05) is 0 Å². The molecule has 0 atom stereocenters. The lowest BCUT2D eigenvalue weighted by molar-refractivity contribution is -0.141. The third-order valence-electron chi connectivity index (χ3n) is 6.69. The highest BCUT2D eigenvalue weighted by atomic mass is 35.5. The number of pyridine rings is 2. The summed E-state index contributed by atoms with van der Waals surface area (Å²) in [7, 11) is -3.56. The highest BCUT2D eigenvalue weighted by Crippen LogP contribution is 2.45. The maximum absolute atomic E-state index is 14.0. The standard InChI is InChI=1S/C26H18ClF3N4O4S2/c1-40(37,38)14-8-16(13-3-4-13)20(32-10-14)23-33-24-19(15-5-6-17(27)21(35)22(15)39-24)25(36)34(23)11-12-2-7-18(31-9-12)26(28,29)30/h2,5-10,13,35H,3-4,11H2,1H3. The Hall–Kier alpha value is -3.55. The van der Waals surface area contributed by atoms with E-state index in [4.69, 9.17) is 16.6 Å². The molecule has 0 spiro atoms. The molecule has 206 valence electrons. The summed E-state index contributed by atoms with van der Waals surface area (Å²) in [4.78, 5) is 27.0. The topological polar surface area (TPSA) is 115 Å². The number of alkyl halides is 3. The van der Waals surface area contributed by atoms with Crippen LogP contribution in [0.2, 0.25) is 5.02 Å². The molecule has 0 aliphatic heterocycles. The van der Waals surface area contributed by atoms with Crippen molar-refractivity contribution in [2.75, 3.05) is 6.26 Å². The predicted molar refractivity (Wildman–Crippen MR) is 145 cm³/mol. The number of fused-ring (bicyclic) bond motifs is 3. The largest absolute Gasteiger partial charge is 0.505 e. The molecule has 0 amide bonds. The lowest BCUT2D eigenvalue weighted by Gasteiger charge is -2.16. The molecular formula is C26H18ClF3N4O4S2. The van der Waals surface area contributed by atoms with Gasteiger partial charge in [-0.15, -0.1) is 11.3 Å². The first kappa shape index (κ1) is 26.7. The van der Waals surface area contributed by atoms with Crippen LogP contribution in [0.4, 0.5) is 13.2 Å². The van der Waals surface area contributed by atoms with Crippen molar-refractivity contribution in [2.24, 2.45) is 0 Å². The fourth-order valence-corrected chi connectivity index (χ4v) is 6.45. The molecule has 1 aliphatic carbocycles. The number of hydrogen-bond donors (Lipinski definition) is 1. The molecular weight excluding hydrogens is 589 g/mol. The number of nitrogens with zero attached hydrogens (tertiary/aromatic N) is 4. The van der Waals surface area contributed by atoms with Crippen molar-refractivity contribution in [2.45, 2.75) is 36.4 Å². The molecule has 1 N–H and O–H groups in total. The maximum Gasteiger partial charge on any atom is 0.433 e. The van der Waals surface area contributed by atoms with Gasteiger partial charge in [0.25, 0.3) is 5.56 Å². The Morgan fingerprint density at radius 2 is 1.90 bits per heavy atom. The van der Waals surface area contributed by atoms with Gasteiger partial charge in [-0.25, -0.2) is 13.4 Å². The van der Waals surface area contributed by atoms with Crippen molar-refractivity contribution in [1.29, 1.82) is 0 Å². The van der Waals surface area contributed by atoms with Crippen molar-refractivity contribution in [1.82, 2.24) is 19.5 Å². The van der Waals surface area contributed by atoms with Crippen molar-refractivity contribution in [3.05, 3.63) is 74.9 Å². The lowest BCUT2D eigenvalue weighted by atomic mass is 10.1. The van der Waals surface area contributed by atoms with Gasteiger partial charge in [0.1, 0.15) is 16.2 Å². The first-order valence-electron chi connectivity index (χ1n) is 11.9. The number of halogens is 4. The smallest absolute Gasteiger partial charge is 0.433 e. The average Bonchev–Trinajstić information content (AvgIpc) is 3.67. The van der Waals surface area contributed by atoms with Crippen LogP contribution in [-0.2, 0) is 22.6 Å². The van der Waals surface area contributed by atoms with Gasteiger partial charge in [0.2, 0.25) is 0 Å². The molecule has 4 heterocycles. The highest BCUT2D eigenvalue weighted by molar-refractivity contribution is 7.90. The van der Waals surface area contributed by atoms with E-state index in [1.165, 1.54) is 29.0 Å². The van der Waals surface area contributed by atoms with Crippen LogP contribution in [0.25, 0.3) is 31.8 Å². The zero-order valence-corrected chi connectivity index (χ0v) is 22.9. The van der Waals surface area contributed by atoms with E-state index >= 15 is 0 Å². The van der Waals surface area contributed by atoms with Gasteiger partial charge >= 0.3 is 6.18 Å². The maximum atomic E-state index is 14.0. The molecule has 40 heavy (non-hydrogen) atoms. The summed E-state index contributed by atoms with van der Waals surface area (Å²) in [5.41, 5.74) is -0.358. The molecule has 1 aromatic carbocycles. The lowest BCUT2D eigenvalue weighted by Crippen LogP contribution is -2.24. The summed E-state index contributed by atoms with van der Waals surface area (Å²) in [5, 5.41) is 11.3. The molecule has 0 radical (unpaired) electrons. The van der Waals surface area contributed by atoms with E-state index in [0.717, 1.165) is 42.7 Å². The second-order valence-electron chi connectivity index (χ2n) is 9.59. The van der Waals surface area contributed by atoms with E-state index < -0.39 is 27.3 Å². The minimum atomic E-state index is -4.62. The SMILES string of the molecule is CS(=O)(=O)c1cnc(-c2nc3sc4c(O)c(Cl)ccc4c3c(=O)n2Cc2ccc(C(F)(F)F)nc2)c(C2CC2)c1. The summed E-state index contributed by atoms with van der Waals surface area (Å²) in [6.45, 7) is -0.182. The number of hydrogen-bond acceptors (Lipinski definition) is 8. The molecule has 0 unspecified atom stereocenters. The van der Waals surface area contributed by atoms with Crippen molar-refractivity contribution in [3.63, 3.8) is 0 Å². The van der Waals surface area contributed by atoms with E-state index in [1.54, 1.807) is 6.07 Å². The minimum absolute atomic E-state index is 0.0169. The van der Waals surface area contributed by atoms with Crippen molar-refractivity contribution >= 4 is 53.1 Å². The molecule has 1 aliphatic rings. The van der Waals surface area contributed by atoms with Crippen LogP contribution in [0, 0.1) is 0 Å². The van der Waals surface area contributed by atoms with Crippen LogP contribution in [0.15, 0.2) is 52.4 Å². The number of phenols is 1. The number of phenolic OH excluding ortho intramolecular Hbond substituents is 1. The minimum Gasteiger partial charge on any atom is -0.505 e. The molecule has 5 aromatic rings. The number of sulfone groups is 1. The summed E-state index contributed by atoms with van der Waals surface area (Å²) in [5.74, 6) is -0.0596. The number of thiophene rings is 1. The normalized spacial score (nSPS) is 14.3. The fraction of sp³-hybridized carbons (Fsp3) is 0.231. The first-order valence-corrected chi connectivity index (χ1v) is 15.0. The number of rotatable bonds is 5. The third-order valence-corrected chi connectivity index (χ3v) is 9.18. The van der Waals surface area contributed by atoms with Gasteiger partial charge in [-0.3, -0.25) is 19.3 Å². The number of aromatic nitrogens is 4. The first-order chi connectivity index (χ1) is 18.8. The second kappa shape index (κ2) is 9.25. The van der Waals surface area contributed by atoms with E-state index in [9.17, 15) is 31.5 Å². The Bertz CT molecular complexity index is 2000. The van der Waals surface area contributed by atoms with Crippen molar-refractivity contribution in [3.8, 4) is 17.3 Å². The quantitative estimate of drug-likeness (QED) is 0.270. The van der Waals surface area contributed by atoms with Crippen LogP contribution >= 0.6 is 22.9 Å². The molecule has 0 saturated heterocycles. The van der Waals surface area contributed by atoms with Gasteiger partial charge in [0.15, 0.2) is 21.4 Å². The zero-order chi connectivity index (χ0) is 28.6. The molecule has 0 bridgehead atoms. The molecule has 1 fully saturated rings. The molecule has 1 saturated carbocycles. The van der Waals surface area contributed by atoms with Gasteiger partial charge in [-0.2, -0.15) is 13.2 Å². The van der Waals surface area contributed by atoms with Gasteiger partial charge in [0.05, 0.1) is 26.5 Å². The van der Waals surface area contributed by atoms with E-state index in [2.05, 4.69) is 9.97 Å². The Kier molecular flexibility index (Phi) is 6.16. The summed E-state index contributed by atoms with van der Waals surface area (Å²) >= 11 is 7.15. The van der Waals surface area contributed by atoms with E-state index in [-0.39, 0.29) is 39.3 Å². The molecule has 8 nitrogen and oxygen atoms in total. The van der Waals surface area contributed by atoms with Crippen LogP contribution in [0.3, 0.4) is 0 Å². The van der Waals surface area contributed by atoms with Gasteiger partial charge < -0.3 is 5.11 Å². The summed E-state index contributed by atoms with van der Waals surface area (Å²) in [6, 6.07) is 6.65. The Balaban J connectivity index is 1.62. The van der Waals surface area contributed by atoms with Crippen LogP contribution in [0.5, 0.6) is 5.75 Å². The third kappa shape index (κ3) is 4.61. The van der Waals surface area contributed by atoms with Gasteiger partial charge in [0, 0.05) is 24.0 Å². The highest BCUT2D eigenvalue weighted by Gasteiger charge is 2.33.